The Morgan fingerprint density at radius 3 is 2.94 bits per heavy atom. The molecule has 0 fully saturated rings. The molecular weight excluding hydrogens is 224 g/mol. The fourth-order valence-corrected chi connectivity index (χ4v) is 1.28. The molecule has 0 radical (unpaired) electrons. The molecule has 7 heteroatoms. The zero-order chi connectivity index (χ0) is 12.3. The molecule has 0 atom stereocenters. The molecule has 2 aromatic rings. The quantitative estimate of drug-likeness (QED) is 0.565. The summed E-state index contributed by atoms with van der Waals surface area (Å²) in [5.41, 5.74) is 0.00418. The lowest BCUT2D eigenvalue weighted by atomic mass is 10.2. The number of nitrogens with zero attached hydrogens (tertiary/aromatic N) is 2. The first kappa shape index (κ1) is 10.9. The standard InChI is InChI=1S/C10H10N4O3/c15-6-1-2-8(16)7(3-6)10(17)11-4-9-12-5-13-14-9/h1-3,5,15-16H,4H2,(H,11,17)(H,12,13,14). The van der Waals surface area contributed by atoms with E-state index in [1.807, 2.05) is 0 Å². The molecule has 0 aliphatic carbocycles. The molecule has 0 unspecified atom stereocenters. The predicted octanol–water partition coefficient (Wildman–Crippen LogP) is 0.146. The number of aromatic nitrogens is 3. The number of phenolic OH excluding ortho intramolecular Hbond substituents is 2. The summed E-state index contributed by atoms with van der Waals surface area (Å²) in [5.74, 6) is -0.293. The third-order valence-electron chi connectivity index (χ3n) is 2.11. The minimum Gasteiger partial charge on any atom is -0.508 e. The van der Waals surface area contributed by atoms with Crippen LogP contribution in [0.1, 0.15) is 16.2 Å². The van der Waals surface area contributed by atoms with Crippen LogP contribution in [0.15, 0.2) is 24.5 Å². The fourth-order valence-electron chi connectivity index (χ4n) is 1.28. The van der Waals surface area contributed by atoms with Gasteiger partial charge < -0.3 is 15.5 Å². The third kappa shape index (κ3) is 2.51. The third-order valence-corrected chi connectivity index (χ3v) is 2.11. The number of H-pyrrole nitrogens is 1. The number of aromatic hydroxyl groups is 2. The molecular formula is C10H10N4O3. The first-order valence-electron chi connectivity index (χ1n) is 4.81. The number of rotatable bonds is 3. The summed E-state index contributed by atoms with van der Waals surface area (Å²) in [6.07, 6.45) is 1.33. The zero-order valence-electron chi connectivity index (χ0n) is 8.71. The summed E-state index contributed by atoms with van der Waals surface area (Å²) >= 11 is 0. The highest BCUT2D eigenvalue weighted by molar-refractivity contribution is 5.97. The summed E-state index contributed by atoms with van der Waals surface area (Å²) in [6.45, 7) is 0.161. The van der Waals surface area contributed by atoms with E-state index in [9.17, 15) is 15.0 Å². The Morgan fingerprint density at radius 2 is 2.24 bits per heavy atom. The van der Waals surface area contributed by atoms with E-state index >= 15 is 0 Å². The molecule has 1 heterocycles. The van der Waals surface area contributed by atoms with Gasteiger partial charge in [0.05, 0.1) is 12.1 Å². The van der Waals surface area contributed by atoms with Crippen molar-refractivity contribution >= 4 is 5.91 Å². The normalized spacial score (nSPS) is 10.1. The second kappa shape index (κ2) is 4.52. The number of benzene rings is 1. The maximum Gasteiger partial charge on any atom is 0.255 e. The highest BCUT2D eigenvalue weighted by atomic mass is 16.3. The Morgan fingerprint density at radius 1 is 1.41 bits per heavy atom. The van der Waals surface area contributed by atoms with Crippen LogP contribution in [-0.4, -0.2) is 31.3 Å². The molecule has 0 aliphatic heterocycles. The molecule has 0 saturated carbocycles. The maximum absolute atomic E-state index is 11.7. The van der Waals surface area contributed by atoms with E-state index in [1.165, 1.54) is 24.5 Å². The maximum atomic E-state index is 11.7. The number of carbonyl (C=O) groups is 1. The van der Waals surface area contributed by atoms with Crippen molar-refractivity contribution in [1.29, 1.82) is 0 Å². The first-order chi connectivity index (χ1) is 8.16. The summed E-state index contributed by atoms with van der Waals surface area (Å²) in [6, 6.07) is 3.73. The summed E-state index contributed by atoms with van der Waals surface area (Å²) in [7, 11) is 0. The van der Waals surface area contributed by atoms with E-state index < -0.39 is 5.91 Å². The second-order valence-electron chi connectivity index (χ2n) is 3.32. The van der Waals surface area contributed by atoms with Crippen LogP contribution in [0, 0.1) is 0 Å². The molecule has 88 valence electrons. The molecule has 0 aliphatic rings. The lowest BCUT2D eigenvalue weighted by molar-refractivity contribution is 0.0947. The molecule has 7 nitrogen and oxygen atoms in total. The van der Waals surface area contributed by atoms with Crippen molar-refractivity contribution in [2.24, 2.45) is 0 Å². The monoisotopic (exact) mass is 234 g/mol. The smallest absolute Gasteiger partial charge is 0.255 e. The minimum absolute atomic E-state index is 0.00418. The Kier molecular flexibility index (Phi) is 2.91. The summed E-state index contributed by atoms with van der Waals surface area (Å²) < 4.78 is 0. The number of carbonyl (C=O) groups excluding carboxylic acids is 1. The topological polar surface area (TPSA) is 111 Å². The van der Waals surface area contributed by atoms with Crippen LogP contribution in [0.5, 0.6) is 11.5 Å². The Labute approximate surface area is 96.1 Å². The molecule has 17 heavy (non-hydrogen) atoms. The Hall–Kier alpha value is -2.57. The summed E-state index contributed by atoms with van der Waals surface area (Å²) in [5, 5.41) is 27.4. The van der Waals surface area contributed by atoms with Gasteiger partial charge >= 0.3 is 0 Å². The van der Waals surface area contributed by atoms with Crippen molar-refractivity contribution in [3.05, 3.63) is 35.9 Å². The minimum atomic E-state index is -0.505. The number of phenols is 2. The van der Waals surface area contributed by atoms with Gasteiger partial charge in [0.2, 0.25) is 0 Å². The molecule has 4 N–H and O–H groups in total. The lowest BCUT2D eigenvalue weighted by Gasteiger charge is -2.05. The van der Waals surface area contributed by atoms with Gasteiger partial charge in [-0.05, 0) is 18.2 Å². The van der Waals surface area contributed by atoms with Crippen molar-refractivity contribution in [3.8, 4) is 11.5 Å². The Balaban J connectivity index is 2.07. The van der Waals surface area contributed by atoms with E-state index in [2.05, 4.69) is 20.5 Å². The van der Waals surface area contributed by atoms with Gasteiger partial charge in [-0.25, -0.2) is 4.98 Å². The van der Waals surface area contributed by atoms with Gasteiger partial charge in [-0.15, -0.1) is 0 Å². The Bertz CT molecular complexity index is 524. The molecule has 2 rings (SSSR count). The van der Waals surface area contributed by atoms with E-state index in [4.69, 9.17) is 0 Å². The van der Waals surface area contributed by atoms with Crippen LogP contribution >= 0.6 is 0 Å². The van der Waals surface area contributed by atoms with E-state index in [0.29, 0.717) is 5.82 Å². The van der Waals surface area contributed by atoms with E-state index in [-0.39, 0.29) is 23.6 Å². The zero-order valence-corrected chi connectivity index (χ0v) is 8.71. The van der Waals surface area contributed by atoms with Gasteiger partial charge in [0.1, 0.15) is 23.7 Å². The molecule has 0 bridgehead atoms. The largest absolute Gasteiger partial charge is 0.508 e. The molecule has 1 aromatic carbocycles. The van der Waals surface area contributed by atoms with Crippen molar-refractivity contribution in [2.75, 3.05) is 0 Å². The van der Waals surface area contributed by atoms with Crippen LogP contribution < -0.4 is 5.32 Å². The number of hydrogen-bond acceptors (Lipinski definition) is 5. The van der Waals surface area contributed by atoms with E-state index in [1.54, 1.807) is 0 Å². The van der Waals surface area contributed by atoms with Gasteiger partial charge in [0, 0.05) is 0 Å². The van der Waals surface area contributed by atoms with Gasteiger partial charge in [-0.2, -0.15) is 5.10 Å². The van der Waals surface area contributed by atoms with Crippen molar-refractivity contribution in [1.82, 2.24) is 20.5 Å². The molecule has 0 spiro atoms. The van der Waals surface area contributed by atoms with Gasteiger partial charge in [-0.1, -0.05) is 0 Å². The predicted molar refractivity (Wildman–Crippen MR) is 57.3 cm³/mol. The van der Waals surface area contributed by atoms with Crippen LogP contribution in [0.3, 0.4) is 0 Å². The highest BCUT2D eigenvalue weighted by Gasteiger charge is 2.11. The van der Waals surface area contributed by atoms with Crippen LogP contribution in [0.2, 0.25) is 0 Å². The van der Waals surface area contributed by atoms with Crippen molar-refractivity contribution in [2.45, 2.75) is 6.54 Å². The van der Waals surface area contributed by atoms with Gasteiger partial charge in [-0.3, -0.25) is 9.89 Å². The molecule has 1 aromatic heterocycles. The average molecular weight is 234 g/mol. The SMILES string of the molecule is O=C(NCc1ncn[nH]1)c1cc(O)ccc1O. The molecule has 0 saturated heterocycles. The number of aromatic amines is 1. The molecule has 1 amide bonds. The van der Waals surface area contributed by atoms with Crippen LogP contribution in [0.4, 0.5) is 0 Å². The van der Waals surface area contributed by atoms with Gasteiger partial charge in [0.15, 0.2) is 0 Å². The average Bonchev–Trinajstić information content (AvgIpc) is 2.82. The summed E-state index contributed by atoms with van der Waals surface area (Å²) in [4.78, 5) is 15.5. The highest BCUT2D eigenvalue weighted by Crippen LogP contribution is 2.21. The van der Waals surface area contributed by atoms with Crippen LogP contribution in [-0.2, 0) is 6.54 Å². The number of amides is 1. The first-order valence-corrected chi connectivity index (χ1v) is 4.81. The van der Waals surface area contributed by atoms with Gasteiger partial charge in [0.25, 0.3) is 5.91 Å². The van der Waals surface area contributed by atoms with Crippen LogP contribution in [0.25, 0.3) is 0 Å². The number of nitrogens with one attached hydrogen (secondary N) is 2. The lowest BCUT2D eigenvalue weighted by Crippen LogP contribution is -2.23. The number of hydrogen-bond donors (Lipinski definition) is 4. The van der Waals surface area contributed by atoms with Crippen molar-refractivity contribution in [3.63, 3.8) is 0 Å². The fraction of sp³-hybridized carbons (Fsp3) is 0.100. The van der Waals surface area contributed by atoms with E-state index in [0.717, 1.165) is 0 Å². The second-order valence-corrected chi connectivity index (χ2v) is 3.32. The van der Waals surface area contributed by atoms with Crippen molar-refractivity contribution < 1.29 is 15.0 Å².